The number of esters is 1. The quantitative estimate of drug-likeness (QED) is 0.154. The Labute approximate surface area is 380 Å². The summed E-state index contributed by atoms with van der Waals surface area (Å²) in [4.78, 5) is 41.9. The third kappa shape index (κ3) is 13.3. The number of aliphatic hydroxyl groups is 4. The standard InChI is InChI=1S/C47H79NO16/c1-14-35-32(23-58-45-43(57-13)42(56-12)39(54)29(7)60-45)19-24(2)15-16-33(50)25(3)20-31(17-18-49)40(27(5)34(51)22-37(53)62-35)63-44-28(6)38(48(10)11)41(30(8)61-44)64-46-47(9,55)36(52)21-26(4)59-46/h15-16,18-19,25-32,34-36,38-46,51-52,54-55H,14,17,20-23H2,1-13H3/b16-15+,24-19+/t25-,26+,27+,28-,29-,30-,31+,32-,34-,35-,36+,38-,39-,40-,41-,42-,43-,44+,45-,46?,47+/m1/s1. The predicted molar refractivity (Wildman–Crippen MR) is 233 cm³/mol. The number of carbonyl (C=O) groups excluding carboxylic acids is 3. The number of ether oxygens (including phenoxy) is 9. The van der Waals surface area contributed by atoms with Crippen LogP contribution < -0.4 is 0 Å². The van der Waals surface area contributed by atoms with Gasteiger partial charge in [0.05, 0.1) is 49.7 Å². The van der Waals surface area contributed by atoms with E-state index in [9.17, 15) is 34.8 Å². The number of hydrogen-bond acceptors (Lipinski definition) is 17. The maximum absolute atomic E-state index is 13.8. The van der Waals surface area contributed by atoms with Crippen LogP contribution in [0.1, 0.15) is 94.4 Å². The highest BCUT2D eigenvalue weighted by Gasteiger charge is 2.53. The lowest BCUT2D eigenvalue weighted by Crippen LogP contribution is -2.65. The molecule has 368 valence electrons. The van der Waals surface area contributed by atoms with E-state index in [1.165, 1.54) is 27.2 Å². The Morgan fingerprint density at radius 3 is 2.12 bits per heavy atom. The van der Waals surface area contributed by atoms with E-state index in [1.54, 1.807) is 33.8 Å². The summed E-state index contributed by atoms with van der Waals surface area (Å²) < 4.78 is 55.5. The smallest absolute Gasteiger partial charge is 0.308 e. The molecule has 17 nitrogen and oxygen atoms in total. The van der Waals surface area contributed by atoms with E-state index >= 15 is 0 Å². The van der Waals surface area contributed by atoms with Gasteiger partial charge >= 0.3 is 5.97 Å². The van der Waals surface area contributed by atoms with Gasteiger partial charge in [-0.1, -0.05) is 45.4 Å². The van der Waals surface area contributed by atoms with Gasteiger partial charge in [0.15, 0.2) is 24.7 Å². The number of likely N-dealkylation sites (N-methyl/N-ethyl adjacent to an activating group) is 1. The summed E-state index contributed by atoms with van der Waals surface area (Å²) >= 11 is 0. The summed E-state index contributed by atoms with van der Waals surface area (Å²) in [7, 11) is 6.73. The average molecular weight is 914 g/mol. The van der Waals surface area contributed by atoms with Crippen molar-refractivity contribution < 1.29 is 77.4 Å². The van der Waals surface area contributed by atoms with Gasteiger partial charge in [0.2, 0.25) is 0 Å². The molecule has 0 amide bonds. The van der Waals surface area contributed by atoms with Gasteiger partial charge in [-0.2, -0.15) is 0 Å². The largest absolute Gasteiger partial charge is 0.462 e. The molecule has 0 aliphatic carbocycles. The van der Waals surface area contributed by atoms with Crippen LogP contribution in [0, 0.1) is 29.6 Å². The van der Waals surface area contributed by atoms with E-state index in [1.807, 2.05) is 52.8 Å². The second-order valence-electron chi connectivity index (χ2n) is 19.1. The lowest BCUT2D eigenvalue weighted by Gasteiger charge is -2.51. The first kappa shape index (κ1) is 54.4. The SMILES string of the molecule is CC[C@H]1OC(=O)C[C@@H](O)[C@H](C)[C@@H](O[C@@H]2O[C@H](C)[C@@H](OC3O[C@@H](C)C[C@H](O)[C@]3(C)O)[C@H](N(C)C)[C@H]2C)[C@@H](CC=O)C[C@@H](C)C(=O)/C=C/C(C)=C/[C@@H]1CO[C@@H]1O[C@H](C)[C@@H](O)[C@@H](OC)[C@H]1OC. The number of carbonyl (C=O) groups is 3. The summed E-state index contributed by atoms with van der Waals surface area (Å²) in [5.74, 6) is -3.62. The number of ketones is 1. The van der Waals surface area contributed by atoms with Crippen molar-refractivity contribution in [3.8, 4) is 0 Å². The molecular weight excluding hydrogens is 835 g/mol. The zero-order valence-corrected chi connectivity index (χ0v) is 40.2. The van der Waals surface area contributed by atoms with Crippen LogP contribution >= 0.6 is 0 Å². The zero-order chi connectivity index (χ0) is 47.8. The molecule has 1 unspecified atom stereocenters. The van der Waals surface area contributed by atoms with Gasteiger partial charge in [-0.3, -0.25) is 9.59 Å². The summed E-state index contributed by atoms with van der Waals surface area (Å²) in [5, 5.41) is 44.5. The highest BCUT2D eigenvalue weighted by molar-refractivity contribution is 5.91. The van der Waals surface area contributed by atoms with Crippen LogP contribution in [0.4, 0.5) is 0 Å². The molecule has 21 atom stereocenters. The minimum Gasteiger partial charge on any atom is -0.462 e. The molecule has 4 aliphatic heterocycles. The Bertz CT molecular complexity index is 1560. The summed E-state index contributed by atoms with van der Waals surface area (Å²) in [6.07, 6.45) is -5.25. The molecule has 0 aromatic heterocycles. The molecule has 0 radical (unpaired) electrons. The van der Waals surface area contributed by atoms with Crippen LogP contribution in [0.5, 0.6) is 0 Å². The molecular formula is C47H79NO16. The lowest BCUT2D eigenvalue weighted by molar-refractivity contribution is -0.353. The highest BCUT2D eigenvalue weighted by atomic mass is 16.7. The van der Waals surface area contributed by atoms with Gasteiger partial charge in [-0.25, -0.2) is 0 Å². The van der Waals surface area contributed by atoms with Crippen LogP contribution in [-0.4, -0.2) is 176 Å². The van der Waals surface area contributed by atoms with Crippen LogP contribution in [0.25, 0.3) is 0 Å². The normalized spacial score (nSPS) is 45.9. The van der Waals surface area contributed by atoms with E-state index in [2.05, 4.69) is 0 Å². The predicted octanol–water partition coefficient (Wildman–Crippen LogP) is 3.11. The molecule has 3 fully saturated rings. The number of rotatable bonds is 13. The van der Waals surface area contributed by atoms with Crippen molar-refractivity contribution in [3.63, 3.8) is 0 Å². The number of allylic oxidation sites excluding steroid dienone is 3. The number of hydrogen-bond donors (Lipinski definition) is 4. The molecule has 0 aromatic rings. The van der Waals surface area contributed by atoms with Crippen molar-refractivity contribution in [1.29, 1.82) is 0 Å². The zero-order valence-electron chi connectivity index (χ0n) is 40.2. The molecule has 0 aromatic carbocycles. The number of nitrogens with zero attached hydrogens (tertiary/aromatic N) is 1. The highest BCUT2D eigenvalue weighted by Crippen LogP contribution is 2.39. The Morgan fingerprint density at radius 1 is 0.859 bits per heavy atom. The van der Waals surface area contributed by atoms with E-state index < -0.39 is 127 Å². The van der Waals surface area contributed by atoms with Gasteiger partial charge in [0, 0.05) is 56.8 Å². The van der Waals surface area contributed by atoms with E-state index in [-0.39, 0.29) is 43.8 Å². The van der Waals surface area contributed by atoms with Crippen molar-refractivity contribution in [2.75, 3.05) is 34.9 Å². The maximum atomic E-state index is 13.8. The maximum Gasteiger partial charge on any atom is 0.308 e. The van der Waals surface area contributed by atoms with Crippen molar-refractivity contribution in [2.45, 2.75) is 192 Å². The fourth-order valence-electron chi connectivity index (χ4n) is 9.71. The summed E-state index contributed by atoms with van der Waals surface area (Å²) in [6, 6.07) is -0.361. The number of cyclic esters (lactones) is 1. The van der Waals surface area contributed by atoms with Crippen LogP contribution in [0.3, 0.4) is 0 Å². The molecule has 0 spiro atoms. The fraction of sp³-hybridized carbons (Fsp3) is 0.851. The molecule has 64 heavy (non-hydrogen) atoms. The van der Waals surface area contributed by atoms with Gasteiger partial charge in [0.1, 0.15) is 42.4 Å². The minimum absolute atomic E-state index is 0.0115. The average Bonchev–Trinajstić information content (AvgIpc) is 3.23. The van der Waals surface area contributed by atoms with Gasteiger partial charge in [-0.15, -0.1) is 0 Å². The molecule has 4 aliphatic rings. The Hall–Kier alpha value is -2.23. The van der Waals surface area contributed by atoms with E-state index in [0.717, 1.165) is 6.29 Å². The molecule has 4 N–H and O–H groups in total. The number of aliphatic hydroxyl groups excluding tert-OH is 3. The molecule has 17 heteroatoms. The second kappa shape index (κ2) is 24.2. The van der Waals surface area contributed by atoms with Gasteiger partial charge in [-0.05, 0) is 73.5 Å². The topological polar surface area (TPSA) is 218 Å². The summed E-state index contributed by atoms with van der Waals surface area (Å²) in [6.45, 7) is 16.0. The Balaban J connectivity index is 1.63. The lowest BCUT2D eigenvalue weighted by atomic mass is 9.79. The fourth-order valence-corrected chi connectivity index (χ4v) is 9.71. The Morgan fingerprint density at radius 2 is 1.52 bits per heavy atom. The van der Waals surface area contributed by atoms with E-state index in [0.29, 0.717) is 12.0 Å². The van der Waals surface area contributed by atoms with Crippen molar-refractivity contribution in [1.82, 2.24) is 4.90 Å². The van der Waals surface area contributed by atoms with Crippen molar-refractivity contribution in [2.24, 2.45) is 29.6 Å². The van der Waals surface area contributed by atoms with Gasteiger partial charge in [0.25, 0.3) is 0 Å². The van der Waals surface area contributed by atoms with Crippen LogP contribution in [0.2, 0.25) is 0 Å². The third-order valence-corrected chi connectivity index (χ3v) is 13.8. The molecule has 4 heterocycles. The monoisotopic (exact) mass is 914 g/mol. The first-order valence-electron chi connectivity index (χ1n) is 23.0. The second-order valence-corrected chi connectivity index (χ2v) is 19.1. The van der Waals surface area contributed by atoms with Crippen molar-refractivity contribution >= 4 is 18.0 Å². The molecule has 4 rings (SSSR count). The van der Waals surface area contributed by atoms with Crippen molar-refractivity contribution in [3.05, 3.63) is 23.8 Å². The Kier molecular flexibility index (Phi) is 20.5. The number of aldehydes is 1. The van der Waals surface area contributed by atoms with Gasteiger partial charge < -0.3 is 72.8 Å². The molecule has 0 bridgehead atoms. The van der Waals surface area contributed by atoms with Crippen LogP contribution in [0.15, 0.2) is 23.8 Å². The minimum atomic E-state index is -1.68. The molecule has 0 saturated carbocycles. The molecule has 3 saturated heterocycles. The van der Waals surface area contributed by atoms with E-state index in [4.69, 9.17) is 42.6 Å². The third-order valence-electron chi connectivity index (χ3n) is 13.8. The number of methoxy groups -OCH3 is 2. The first-order chi connectivity index (χ1) is 30.1. The summed E-state index contributed by atoms with van der Waals surface area (Å²) in [5.41, 5.74) is -0.973. The first-order valence-corrected chi connectivity index (χ1v) is 23.0. The van der Waals surface area contributed by atoms with Crippen LogP contribution in [-0.2, 0) is 57.0 Å².